The lowest BCUT2D eigenvalue weighted by Gasteiger charge is -2.22. The van der Waals surface area contributed by atoms with Gasteiger partial charge in [-0.3, -0.25) is 19.4 Å². The van der Waals surface area contributed by atoms with Crippen molar-refractivity contribution in [1.29, 1.82) is 0 Å². The minimum atomic E-state index is -2.31. The van der Waals surface area contributed by atoms with Crippen LogP contribution in [0.3, 0.4) is 0 Å². The average molecular weight is 660 g/mol. The second kappa shape index (κ2) is 15.1. The van der Waals surface area contributed by atoms with Crippen molar-refractivity contribution in [2.75, 3.05) is 25.2 Å². The second-order valence-electron chi connectivity index (χ2n) is 11.3. The fourth-order valence-corrected chi connectivity index (χ4v) is 4.30. The van der Waals surface area contributed by atoms with Crippen molar-refractivity contribution in [2.45, 2.75) is 39.0 Å². The average Bonchev–Trinajstić information content (AvgIpc) is 3.17. The number of amides is 2. The van der Waals surface area contributed by atoms with E-state index < -0.39 is 53.4 Å². The summed E-state index contributed by atoms with van der Waals surface area (Å²) in [5, 5.41) is 21.4. The number of hydrogen-bond acceptors (Lipinski definition) is 11. The first-order valence-electron chi connectivity index (χ1n) is 14.6. The standard InChI is InChI=1S/C34H33N3O11/c1-20(38)47-29(28(39)32(42)43)33(44)46-19-34(2,3)14-12-21-10-11-27-26(16-21)37(4)31(41)25(18-45-27)36-30(40)24-17-23(13-15-35-24)48-22-8-6-5-7-9-22/h5-11,13,15-17,25,28-29,39H,18-19H2,1-4H3,(H,36,40)(H,42,43)/t25-,28+,29+/m0/s1. The number of fused-ring (bicyclic) bond motifs is 1. The van der Waals surface area contributed by atoms with Crippen molar-refractivity contribution >= 4 is 35.4 Å². The van der Waals surface area contributed by atoms with Crippen molar-refractivity contribution in [3.8, 4) is 29.1 Å². The number of benzene rings is 2. The van der Waals surface area contributed by atoms with Crippen LogP contribution in [0.1, 0.15) is 36.8 Å². The molecular weight excluding hydrogens is 626 g/mol. The van der Waals surface area contributed by atoms with E-state index >= 15 is 0 Å². The lowest BCUT2D eigenvalue weighted by Crippen LogP contribution is -2.49. The van der Waals surface area contributed by atoms with Crippen molar-refractivity contribution in [2.24, 2.45) is 5.41 Å². The molecular formula is C34H33N3O11. The van der Waals surface area contributed by atoms with Crippen LogP contribution in [-0.2, 0) is 28.7 Å². The molecule has 3 atom stereocenters. The lowest BCUT2D eigenvalue weighted by molar-refractivity contribution is -0.181. The topological polar surface area (TPSA) is 191 Å². The van der Waals surface area contributed by atoms with Gasteiger partial charge in [-0.25, -0.2) is 9.59 Å². The van der Waals surface area contributed by atoms with Crippen LogP contribution in [-0.4, -0.2) is 83.4 Å². The van der Waals surface area contributed by atoms with E-state index in [0.717, 1.165) is 6.92 Å². The Morgan fingerprint density at radius 2 is 1.83 bits per heavy atom. The molecule has 0 unspecified atom stereocenters. The molecule has 2 heterocycles. The fraction of sp³-hybridized carbons (Fsp3) is 0.294. The molecule has 0 spiro atoms. The van der Waals surface area contributed by atoms with Gasteiger partial charge in [0, 0.05) is 31.8 Å². The van der Waals surface area contributed by atoms with E-state index in [2.05, 4.69) is 26.9 Å². The zero-order chi connectivity index (χ0) is 35.0. The Bertz CT molecular complexity index is 1760. The zero-order valence-corrected chi connectivity index (χ0v) is 26.5. The summed E-state index contributed by atoms with van der Waals surface area (Å²) in [5.41, 5.74) is -0.0393. The van der Waals surface area contributed by atoms with Crippen molar-refractivity contribution in [3.63, 3.8) is 0 Å². The molecule has 3 N–H and O–H groups in total. The molecule has 0 saturated carbocycles. The number of nitrogens with one attached hydrogen (secondary N) is 1. The third-order valence-corrected chi connectivity index (χ3v) is 6.79. The van der Waals surface area contributed by atoms with Crippen LogP contribution in [0, 0.1) is 17.3 Å². The third-order valence-electron chi connectivity index (χ3n) is 6.79. The van der Waals surface area contributed by atoms with E-state index in [1.54, 1.807) is 50.2 Å². The van der Waals surface area contributed by atoms with Gasteiger partial charge in [0.15, 0.2) is 6.10 Å². The number of carboxylic acid groups (broad SMARTS) is 1. The number of aliphatic carboxylic acids is 1. The summed E-state index contributed by atoms with van der Waals surface area (Å²) in [6, 6.07) is 16.0. The van der Waals surface area contributed by atoms with Gasteiger partial charge >= 0.3 is 17.9 Å². The first-order chi connectivity index (χ1) is 22.7. The fourth-order valence-electron chi connectivity index (χ4n) is 4.30. The summed E-state index contributed by atoms with van der Waals surface area (Å²) >= 11 is 0. The predicted molar refractivity (Wildman–Crippen MR) is 168 cm³/mol. The van der Waals surface area contributed by atoms with Crippen molar-refractivity contribution in [3.05, 3.63) is 78.1 Å². The molecule has 0 fully saturated rings. The van der Waals surface area contributed by atoms with Gasteiger partial charge in [-0.15, -0.1) is 0 Å². The maximum absolute atomic E-state index is 13.4. The summed E-state index contributed by atoms with van der Waals surface area (Å²) in [4.78, 5) is 66.7. The van der Waals surface area contributed by atoms with Gasteiger partial charge in [0.05, 0.1) is 11.1 Å². The van der Waals surface area contributed by atoms with Gasteiger partial charge in [0.2, 0.25) is 6.10 Å². The Balaban J connectivity index is 1.41. The van der Waals surface area contributed by atoms with Gasteiger partial charge in [0.25, 0.3) is 11.8 Å². The van der Waals surface area contributed by atoms with E-state index in [1.807, 2.05) is 18.2 Å². The number of aromatic nitrogens is 1. The van der Waals surface area contributed by atoms with Gasteiger partial charge in [0.1, 0.15) is 42.2 Å². The number of rotatable bonds is 10. The highest BCUT2D eigenvalue weighted by Gasteiger charge is 2.37. The Kier molecular flexibility index (Phi) is 11.0. The Hall–Kier alpha value is -5.94. The normalized spacial score (nSPS) is 15.2. The number of aliphatic hydroxyl groups is 1. The van der Waals surface area contributed by atoms with Crippen molar-refractivity contribution in [1.82, 2.24) is 10.3 Å². The molecule has 4 rings (SSSR count). The number of carboxylic acids is 1. The number of para-hydroxylation sites is 1. The number of carbonyl (C=O) groups is 5. The van der Waals surface area contributed by atoms with E-state index in [4.69, 9.17) is 19.3 Å². The molecule has 3 aromatic rings. The molecule has 2 aromatic carbocycles. The number of ether oxygens (including phenoxy) is 4. The summed E-state index contributed by atoms with van der Waals surface area (Å²) in [5.74, 6) is 2.24. The van der Waals surface area contributed by atoms with Crippen LogP contribution < -0.4 is 19.7 Å². The lowest BCUT2D eigenvalue weighted by atomic mass is 9.95. The van der Waals surface area contributed by atoms with Crippen LogP contribution >= 0.6 is 0 Å². The number of esters is 2. The maximum atomic E-state index is 13.4. The highest BCUT2D eigenvalue weighted by atomic mass is 16.6. The summed E-state index contributed by atoms with van der Waals surface area (Å²) in [6.45, 7) is 3.78. The Labute approximate surface area is 275 Å². The molecule has 14 nitrogen and oxygen atoms in total. The first-order valence-corrected chi connectivity index (χ1v) is 14.6. The smallest absolute Gasteiger partial charge is 0.350 e. The van der Waals surface area contributed by atoms with Crippen LogP contribution in [0.5, 0.6) is 17.2 Å². The summed E-state index contributed by atoms with van der Waals surface area (Å²) < 4.78 is 21.4. The molecule has 48 heavy (non-hydrogen) atoms. The van der Waals surface area contributed by atoms with Crippen LogP contribution in [0.4, 0.5) is 5.69 Å². The van der Waals surface area contributed by atoms with E-state index in [9.17, 15) is 29.1 Å². The third kappa shape index (κ3) is 9.08. The van der Waals surface area contributed by atoms with Crippen LogP contribution in [0.15, 0.2) is 66.9 Å². The van der Waals surface area contributed by atoms with Gasteiger partial charge in [-0.05, 0) is 50.2 Å². The Morgan fingerprint density at radius 1 is 1.10 bits per heavy atom. The number of aliphatic hydroxyl groups excluding tert-OH is 1. The number of pyridine rings is 1. The highest BCUT2D eigenvalue weighted by molar-refractivity contribution is 6.03. The summed E-state index contributed by atoms with van der Waals surface area (Å²) in [6.07, 6.45) is -2.93. The van der Waals surface area contributed by atoms with E-state index in [-0.39, 0.29) is 18.9 Å². The molecule has 1 aliphatic heterocycles. The zero-order valence-electron chi connectivity index (χ0n) is 26.5. The van der Waals surface area contributed by atoms with Gasteiger partial charge in [-0.1, -0.05) is 30.0 Å². The molecule has 2 amide bonds. The van der Waals surface area contributed by atoms with Gasteiger partial charge < -0.3 is 39.4 Å². The number of hydrogen-bond donors (Lipinski definition) is 3. The first kappa shape index (κ1) is 34.9. The quantitative estimate of drug-likeness (QED) is 0.213. The Morgan fingerprint density at radius 3 is 2.52 bits per heavy atom. The molecule has 1 aromatic heterocycles. The highest BCUT2D eigenvalue weighted by Crippen LogP contribution is 2.32. The van der Waals surface area contributed by atoms with E-state index in [0.29, 0.717) is 28.5 Å². The minimum absolute atomic E-state index is 0.0477. The maximum Gasteiger partial charge on any atom is 0.350 e. The number of likely N-dealkylation sites (N-methyl/N-ethyl adjacent to an activating group) is 1. The predicted octanol–water partition coefficient (Wildman–Crippen LogP) is 2.33. The van der Waals surface area contributed by atoms with Crippen molar-refractivity contribution < 1.29 is 53.1 Å². The van der Waals surface area contributed by atoms with Crippen LogP contribution in [0.25, 0.3) is 0 Å². The van der Waals surface area contributed by atoms with E-state index in [1.165, 1.54) is 24.2 Å². The molecule has 0 saturated heterocycles. The van der Waals surface area contributed by atoms with Gasteiger partial charge in [-0.2, -0.15) is 0 Å². The molecule has 0 radical (unpaired) electrons. The minimum Gasteiger partial charge on any atom is -0.489 e. The molecule has 14 heteroatoms. The monoisotopic (exact) mass is 659 g/mol. The second-order valence-corrected chi connectivity index (χ2v) is 11.3. The number of anilines is 1. The molecule has 250 valence electrons. The number of nitrogens with zero attached hydrogens (tertiary/aromatic N) is 2. The van der Waals surface area contributed by atoms with Crippen LogP contribution in [0.2, 0.25) is 0 Å². The summed E-state index contributed by atoms with van der Waals surface area (Å²) in [7, 11) is 1.53. The SMILES string of the molecule is CC(=O)O[C@@H](C(=O)OCC(C)(C)C#Cc1ccc2c(c1)N(C)C(=O)[C@@H](NC(=O)c1cc(Oc3ccccc3)ccn1)CO2)[C@@H](O)C(=O)O. The molecule has 0 bridgehead atoms. The number of carbonyl (C=O) groups excluding carboxylic acids is 4. The molecule has 0 aliphatic carbocycles. The molecule has 1 aliphatic rings. The largest absolute Gasteiger partial charge is 0.489 e.